The van der Waals surface area contributed by atoms with E-state index in [0.717, 1.165) is 42.2 Å². The molecule has 1 saturated heterocycles. The minimum absolute atomic E-state index is 0.253. The van der Waals surface area contributed by atoms with Gasteiger partial charge in [-0.05, 0) is 79.7 Å². The average molecular weight is 446 g/mol. The Kier molecular flexibility index (Phi) is 5.88. The average Bonchev–Trinajstić information content (AvgIpc) is 3.24. The highest BCUT2D eigenvalue weighted by Crippen LogP contribution is 2.26. The van der Waals surface area contributed by atoms with E-state index in [-0.39, 0.29) is 5.91 Å². The Labute approximate surface area is 191 Å². The van der Waals surface area contributed by atoms with E-state index < -0.39 is 0 Å². The van der Waals surface area contributed by atoms with Gasteiger partial charge in [-0.3, -0.25) is 4.79 Å². The number of nitrogens with one attached hydrogen (secondary N) is 2. The van der Waals surface area contributed by atoms with Crippen molar-refractivity contribution in [1.82, 2.24) is 19.9 Å². The zero-order chi connectivity index (χ0) is 21.9. The molecule has 0 atom stereocenters. The lowest BCUT2D eigenvalue weighted by Crippen LogP contribution is -2.28. The zero-order valence-electron chi connectivity index (χ0n) is 17.6. The Balaban J connectivity index is 1.32. The lowest BCUT2D eigenvalue weighted by molar-refractivity contribution is 0.102. The van der Waals surface area contributed by atoms with Crippen molar-refractivity contribution in [3.05, 3.63) is 83.3 Å². The van der Waals surface area contributed by atoms with E-state index in [1.165, 1.54) is 18.4 Å². The van der Waals surface area contributed by atoms with Crippen LogP contribution in [0.3, 0.4) is 0 Å². The first-order chi connectivity index (χ1) is 15.7. The molecule has 0 unspecified atom stereocenters. The van der Waals surface area contributed by atoms with E-state index in [2.05, 4.69) is 32.8 Å². The highest BCUT2D eigenvalue weighted by Gasteiger charge is 2.15. The Bertz CT molecular complexity index is 1240. The van der Waals surface area contributed by atoms with Crippen molar-refractivity contribution < 1.29 is 4.79 Å². The van der Waals surface area contributed by atoms with Crippen LogP contribution in [0.2, 0.25) is 5.02 Å². The lowest BCUT2D eigenvalue weighted by atomic mass is 9.91. The number of aromatic nitrogens is 3. The van der Waals surface area contributed by atoms with Gasteiger partial charge in [-0.2, -0.15) is 5.10 Å². The van der Waals surface area contributed by atoms with Gasteiger partial charge in [-0.1, -0.05) is 35.9 Å². The Morgan fingerprint density at radius 2 is 1.94 bits per heavy atom. The van der Waals surface area contributed by atoms with Gasteiger partial charge in [-0.25, -0.2) is 9.50 Å². The van der Waals surface area contributed by atoms with E-state index in [0.29, 0.717) is 16.4 Å². The number of nitrogens with zero attached hydrogens (tertiary/aromatic N) is 3. The van der Waals surface area contributed by atoms with Crippen LogP contribution in [-0.2, 0) is 6.42 Å². The summed E-state index contributed by atoms with van der Waals surface area (Å²) in [5.74, 6) is 0.480. The van der Waals surface area contributed by atoms with Crippen molar-refractivity contribution in [2.75, 3.05) is 18.4 Å². The van der Waals surface area contributed by atoms with Gasteiger partial charge in [0.2, 0.25) is 0 Å². The molecule has 5 rings (SSSR count). The third-order valence-corrected chi connectivity index (χ3v) is 6.17. The van der Waals surface area contributed by atoms with Crippen LogP contribution in [0, 0.1) is 5.92 Å². The number of fused-ring (bicyclic) bond motifs is 1. The van der Waals surface area contributed by atoms with Crippen LogP contribution in [0.5, 0.6) is 0 Å². The van der Waals surface area contributed by atoms with Crippen LogP contribution in [0.15, 0.2) is 67.0 Å². The summed E-state index contributed by atoms with van der Waals surface area (Å²) in [6.45, 7) is 2.21. The summed E-state index contributed by atoms with van der Waals surface area (Å²) in [7, 11) is 0. The number of hydrogen-bond donors (Lipinski definition) is 2. The molecule has 2 aromatic carbocycles. The van der Waals surface area contributed by atoms with Crippen molar-refractivity contribution >= 4 is 28.8 Å². The van der Waals surface area contributed by atoms with Gasteiger partial charge in [0.25, 0.3) is 5.91 Å². The smallest absolute Gasteiger partial charge is 0.274 e. The Morgan fingerprint density at radius 1 is 1.12 bits per heavy atom. The molecule has 32 heavy (non-hydrogen) atoms. The van der Waals surface area contributed by atoms with Crippen LogP contribution in [0.25, 0.3) is 16.8 Å². The van der Waals surface area contributed by atoms with Crippen molar-refractivity contribution in [2.24, 2.45) is 5.92 Å². The second-order valence-electron chi connectivity index (χ2n) is 8.20. The van der Waals surface area contributed by atoms with Crippen molar-refractivity contribution in [3.63, 3.8) is 0 Å². The van der Waals surface area contributed by atoms with Crippen LogP contribution in [0.4, 0.5) is 5.69 Å². The van der Waals surface area contributed by atoms with Gasteiger partial charge >= 0.3 is 0 Å². The molecule has 0 aliphatic carbocycles. The molecule has 4 aromatic rings. The standard InChI is InChI=1S/C25H24ClN5O/c26-20-3-1-2-19(15-20)22-16-28-31-13-10-23(30-24(22)31)25(32)29-21-6-4-17(5-7-21)14-18-8-11-27-12-9-18/h1-7,10,13,15-16,18,27H,8-9,11-12,14H2,(H,29,32). The summed E-state index contributed by atoms with van der Waals surface area (Å²) in [6, 6.07) is 17.3. The highest BCUT2D eigenvalue weighted by molar-refractivity contribution is 6.30. The van der Waals surface area contributed by atoms with Crippen LogP contribution in [0.1, 0.15) is 28.9 Å². The maximum Gasteiger partial charge on any atom is 0.274 e. The van der Waals surface area contributed by atoms with Crippen LogP contribution < -0.4 is 10.6 Å². The van der Waals surface area contributed by atoms with Crippen molar-refractivity contribution in [1.29, 1.82) is 0 Å². The Hall–Kier alpha value is -3.22. The number of piperidine rings is 1. The van der Waals surface area contributed by atoms with Crippen LogP contribution >= 0.6 is 11.6 Å². The third-order valence-electron chi connectivity index (χ3n) is 5.93. The predicted octanol–water partition coefficient (Wildman–Crippen LogP) is 4.84. The van der Waals surface area contributed by atoms with E-state index in [1.807, 2.05) is 36.4 Å². The first-order valence-electron chi connectivity index (χ1n) is 10.9. The van der Waals surface area contributed by atoms with Gasteiger partial charge in [0.1, 0.15) is 5.69 Å². The topological polar surface area (TPSA) is 71.3 Å². The van der Waals surface area contributed by atoms with E-state index in [1.54, 1.807) is 23.0 Å². The number of carbonyl (C=O) groups is 1. The van der Waals surface area contributed by atoms with Gasteiger partial charge in [0, 0.05) is 22.5 Å². The molecule has 162 valence electrons. The van der Waals surface area contributed by atoms with Gasteiger partial charge < -0.3 is 10.6 Å². The molecule has 2 aromatic heterocycles. The summed E-state index contributed by atoms with van der Waals surface area (Å²) in [5.41, 5.74) is 4.73. The van der Waals surface area contributed by atoms with E-state index >= 15 is 0 Å². The fraction of sp³-hybridized carbons (Fsp3) is 0.240. The number of rotatable bonds is 5. The minimum atomic E-state index is -0.253. The largest absolute Gasteiger partial charge is 0.321 e. The van der Waals surface area contributed by atoms with Gasteiger partial charge in [0.05, 0.1) is 6.20 Å². The molecular weight excluding hydrogens is 422 g/mol. The molecule has 0 saturated carbocycles. The third kappa shape index (κ3) is 4.52. The molecule has 6 nitrogen and oxygen atoms in total. The summed E-state index contributed by atoms with van der Waals surface area (Å²) in [4.78, 5) is 17.4. The van der Waals surface area contributed by atoms with Gasteiger partial charge in [-0.15, -0.1) is 0 Å². The van der Waals surface area contributed by atoms with E-state index in [9.17, 15) is 4.79 Å². The molecule has 7 heteroatoms. The maximum atomic E-state index is 12.9. The number of halogens is 1. The predicted molar refractivity (Wildman–Crippen MR) is 127 cm³/mol. The van der Waals surface area contributed by atoms with Gasteiger partial charge in [0.15, 0.2) is 5.65 Å². The molecule has 2 N–H and O–H groups in total. The molecule has 1 amide bonds. The van der Waals surface area contributed by atoms with Crippen molar-refractivity contribution in [3.8, 4) is 11.1 Å². The molecule has 0 radical (unpaired) electrons. The first kappa shape index (κ1) is 20.7. The Morgan fingerprint density at radius 3 is 2.72 bits per heavy atom. The van der Waals surface area contributed by atoms with E-state index in [4.69, 9.17) is 11.6 Å². The first-order valence-corrected chi connectivity index (χ1v) is 11.2. The summed E-state index contributed by atoms with van der Waals surface area (Å²) in [5, 5.41) is 11.3. The number of carbonyl (C=O) groups excluding carboxylic acids is 1. The molecule has 0 bridgehead atoms. The monoisotopic (exact) mass is 445 g/mol. The SMILES string of the molecule is O=C(Nc1ccc(CC2CCNCC2)cc1)c1ccn2ncc(-c3cccc(Cl)c3)c2n1. The molecule has 1 aliphatic heterocycles. The number of hydrogen-bond acceptors (Lipinski definition) is 4. The summed E-state index contributed by atoms with van der Waals surface area (Å²) in [6.07, 6.45) is 7.00. The fourth-order valence-corrected chi connectivity index (χ4v) is 4.38. The molecule has 1 fully saturated rings. The normalized spacial score (nSPS) is 14.5. The second kappa shape index (κ2) is 9.10. The zero-order valence-corrected chi connectivity index (χ0v) is 18.3. The number of benzene rings is 2. The molecule has 3 heterocycles. The maximum absolute atomic E-state index is 12.9. The second-order valence-corrected chi connectivity index (χ2v) is 8.63. The van der Waals surface area contributed by atoms with Crippen molar-refractivity contribution in [2.45, 2.75) is 19.3 Å². The number of anilines is 1. The van der Waals surface area contributed by atoms with Crippen LogP contribution in [-0.4, -0.2) is 33.6 Å². The molecule has 0 spiro atoms. The fourth-order valence-electron chi connectivity index (χ4n) is 4.19. The molecule has 1 aliphatic rings. The summed E-state index contributed by atoms with van der Waals surface area (Å²) < 4.78 is 1.66. The minimum Gasteiger partial charge on any atom is -0.321 e. The molecular formula is C25H24ClN5O. The number of amides is 1. The summed E-state index contributed by atoms with van der Waals surface area (Å²) >= 11 is 6.14. The highest BCUT2D eigenvalue weighted by atomic mass is 35.5. The lowest BCUT2D eigenvalue weighted by Gasteiger charge is -2.22. The quantitative estimate of drug-likeness (QED) is 0.461.